The molecule has 0 fully saturated rings. The van der Waals surface area contributed by atoms with Gasteiger partial charge >= 0.3 is 5.97 Å². The quantitative estimate of drug-likeness (QED) is 0.269. The summed E-state index contributed by atoms with van der Waals surface area (Å²) in [5, 5.41) is 0. The van der Waals surface area contributed by atoms with E-state index in [2.05, 4.69) is 6.92 Å². The van der Waals surface area contributed by atoms with Gasteiger partial charge in [0.2, 0.25) is 0 Å². The minimum absolute atomic E-state index is 0. The van der Waals surface area contributed by atoms with Crippen molar-refractivity contribution >= 4 is 5.97 Å². The SMILES string of the molecule is CCCCCCCCCCCCCCCC(=O)OCC.[C]. The second-order valence-electron chi connectivity index (χ2n) is 5.80. The zero-order valence-electron chi connectivity index (χ0n) is 14.4. The normalized spacial score (nSPS) is 10.2. The summed E-state index contributed by atoms with van der Waals surface area (Å²) in [5.74, 6) is -0.0319. The van der Waals surface area contributed by atoms with Crippen LogP contribution in [0.4, 0.5) is 0 Å². The number of carbonyl (C=O) groups excluding carboxylic acids is 1. The first-order chi connectivity index (χ1) is 9.81. The van der Waals surface area contributed by atoms with Gasteiger partial charge in [0.1, 0.15) is 0 Å². The van der Waals surface area contributed by atoms with Crippen LogP contribution in [0, 0.1) is 7.43 Å². The third-order valence-corrected chi connectivity index (χ3v) is 3.79. The maximum absolute atomic E-state index is 11.1. The Labute approximate surface area is 134 Å². The fourth-order valence-corrected chi connectivity index (χ4v) is 2.52. The molecule has 0 aliphatic rings. The molecule has 0 aromatic heterocycles. The Morgan fingerprint density at radius 2 is 1.05 bits per heavy atom. The number of ether oxygens (including phenoxy) is 1. The van der Waals surface area contributed by atoms with Crippen LogP contribution in [-0.4, -0.2) is 12.6 Å². The van der Waals surface area contributed by atoms with Gasteiger partial charge in [-0.3, -0.25) is 4.79 Å². The Bertz CT molecular complexity index is 202. The van der Waals surface area contributed by atoms with Gasteiger partial charge in [-0.2, -0.15) is 0 Å². The van der Waals surface area contributed by atoms with Gasteiger partial charge in [-0.1, -0.05) is 84.0 Å². The molecule has 124 valence electrons. The monoisotopic (exact) mass is 296 g/mol. The summed E-state index contributed by atoms with van der Waals surface area (Å²) in [6.07, 6.45) is 18.0. The molecule has 0 unspecified atom stereocenters. The van der Waals surface area contributed by atoms with Gasteiger partial charge in [-0.25, -0.2) is 0 Å². The van der Waals surface area contributed by atoms with E-state index in [1.807, 2.05) is 6.92 Å². The second-order valence-corrected chi connectivity index (χ2v) is 5.80. The summed E-state index contributed by atoms with van der Waals surface area (Å²) >= 11 is 0. The molecular formula is C19H36O2. The molecule has 0 aromatic carbocycles. The zero-order chi connectivity index (χ0) is 14.9. The highest BCUT2D eigenvalue weighted by Crippen LogP contribution is 2.12. The van der Waals surface area contributed by atoms with Crippen molar-refractivity contribution in [3.05, 3.63) is 7.43 Å². The predicted octanol–water partition coefficient (Wildman–Crippen LogP) is 6.11. The third kappa shape index (κ3) is 19.5. The van der Waals surface area contributed by atoms with Crippen molar-refractivity contribution in [2.24, 2.45) is 0 Å². The maximum Gasteiger partial charge on any atom is 0.305 e. The second kappa shape index (κ2) is 19.5. The van der Waals surface area contributed by atoms with Gasteiger partial charge < -0.3 is 4.74 Å². The van der Waals surface area contributed by atoms with E-state index < -0.39 is 0 Å². The van der Waals surface area contributed by atoms with Gasteiger partial charge in [0, 0.05) is 13.8 Å². The van der Waals surface area contributed by atoms with Crippen molar-refractivity contribution < 1.29 is 9.53 Å². The van der Waals surface area contributed by atoms with E-state index in [1.165, 1.54) is 77.0 Å². The lowest BCUT2D eigenvalue weighted by atomic mass is 10.0. The summed E-state index contributed by atoms with van der Waals surface area (Å²) in [5.41, 5.74) is 0. The fraction of sp³-hybridized carbons (Fsp3) is 0.895. The zero-order valence-corrected chi connectivity index (χ0v) is 14.4. The molecule has 2 heteroatoms. The van der Waals surface area contributed by atoms with E-state index in [4.69, 9.17) is 4.74 Å². The summed E-state index contributed by atoms with van der Waals surface area (Å²) in [6.45, 7) is 4.64. The average molecular weight is 296 g/mol. The molecule has 0 amide bonds. The molecule has 0 rings (SSSR count). The highest BCUT2D eigenvalue weighted by atomic mass is 16.5. The Morgan fingerprint density at radius 1 is 0.667 bits per heavy atom. The molecule has 0 N–H and O–H groups in total. The Morgan fingerprint density at radius 3 is 1.43 bits per heavy atom. The van der Waals surface area contributed by atoms with Crippen LogP contribution in [0.1, 0.15) is 104 Å². The molecule has 4 radical (unpaired) electrons. The standard InChI is InChI=1S/C18H36O2.C/c1-3-5-6-7-8-9-10-11-12-13-14-15-16-17-18(19)20-4-2;/h3-17H2,1-2H3;. The van der Waals surface area contributed by atoms with E-state index in [9.17, 15) is 4.79 Å². The molecule has 21 heavy (non-hydrogen) atoms. The van der Waals surface area contributed by atoms with Crippen LogP contribution in [0.25, 0.3) is 0 Å². The van der Waals surface area contributed by atoms with Gasteiger partial charge in [0.05, 0.1) is 6.61 Å². The predicted molar refractivity (Wildman–Crippen MR) is 90.2 cm³/mol. The van der Waals surface area contributed by atoms with E-state index in [0.29, 0.717) is 13.0 Å². The summed E-state index contributed by atoms with van der Waals surface area (Å²) in [7, 11) is 0. The molecule has 0 aliphatic carbocycles. The molecule has 0 spiro atoms. The number of rotatable bonds is 15. The van der Waals surface area contributed by atoms with Gasteiger partial charge in [-0.15, -0.1) is 0 Å². The third-order valence-electron chi connectivity index (χ3n) is 3.79. The van der Waals surface area contributed by atoms with Crippen molar-refractivity contribution in [2.45, 2.75) is 104 Å². The smallest absolute Gasteiger partial charge is 0.305 e. The molecule has 0 aliphatic heterocycles. The highest BCUT2D eigenvalue weighted by Gasteiger charge is 2.00. The minimum Gasteiger partial charge on any atom is -0.466 e. The molecule has 0 saturated heterocycles. The van der Waals surface area contributed by atoms with E-state index in [0.717, 1.165) is 6.42 Å². The molecule has 0 saturated carbocycles. The molecule has 0 aromatic rings. The number of hydrogen-bond acceptors (Lipinski definition) is 2. The summed E-state index contributed by atoms with van der Waals surface area (Å²) in [6, 6.07) is 0. The minimum atomic E-state index is -0.0319. The first-order valence-electron chi connectivity index (χ1n) is 8.96. The lowest BCUT2D eigenvalue weighted by Gasteiger charge is -2.03. The van der Waals surface area contributed by atoms with Gasteiger partial charge in [0.15, 0.2) is 0 Å². The largest absolute Gasteiger partial charge is 0.466 e. The maximum atomic E-state index is 11.1. The molecular weight excluding hydrogens is 260 g/mol. The number of unbranched alkanes of at least 4 members (excludes halogenated alkanes) is 12. The van der Waals surface area contributed by atoms with E-state index >= 15 is 0 Å². The first-order valence-corrected chi connectivity index (χ1v) is 8.96. The molecule has 0 atom stereocenters. The topological polar surface area (TPSA) is 26.3 Å². The van der Waals surface area contributed by atoms with Crippen molar-refractivity contribution in [1.29, 1.82) is 0 Å². The van der Waals surface area contributed by atoms with Crippen LogP contribution in [0.15, 0.2) is 0 Å². The van der Waals surface area contributed by atoms with Crippen molar-refractivity contribution in [2.75, 3.05) is 6.61 Å². The lowest BCUT2D eigenvalue weighted by Crippen LogP contribution is -2.03. The summed E-state index contributed by atoms with van der Waals surface area (Å²) in [4.78, 5) is 11.1. The Balaban J connectivity index is 0. The summed E-state index contributed by atoms with van der Waals surface area (Å²) < 4.78 is 4.91. The van der Waals surface area contributed by atoms with Crippen LogP contribution >= 0.6 is 0 Å². The average Bonchev–Trinajstić information content (AvgIpc) is 2.44. The number of hydrogen-bond donors (Lipinski definition) is 0. The van der Waals surface area contributed by atoms with Crippen LogP contribution in [0.3, 0.4) is 0 Å². The molecule has 0 bridgehead atoms. The van der Waals surface area contributed by atoms with Gasteiger partial charge in [-0.05, 0) is 13.3 Å². The van der Waals surface area contributed by atoms with Crippen molar-refractivity contribution in [1.82, 2.24) is 0 Å². The van der Waals surface area contributed by atoms with Crippen molar-refractivity contribution in [3.63, 3.8) is 0 Å². The van der Waals surface area contributed by atoms with Crippen LogP contribution < -0.4 is 0 Å². The van der Waals surface area contributed by atoms with Gasteiger partial charge in [0.25, 0.3) is 0 Å². The Hall–Kier alpha value is -0.530. The van der Waals surface area contributed by atoms with Crippen LogP contribution in [-0.2, 0) is 9.53 Å². The molecule has 0 heterocycles. The number of carbonyl (C=O) groups is 1. The first kappa shape index (κ1) is 22.7. The van der Waals surface area contributed by atoms with Crippen molar-refractivity contribution in [3.8, 4) is 0 Å². The number of esters is 1. The van der Waals surface area contributed by atoms with E-state index in [1.54, 1.807) is 0 Å². The van der Waals surface area contributed by atoms with Crippen LogP contribution in [0.5, 0.6) is 0 Å². The highest BCUT2D eigenvalue weighted by molar-refractivity contribution is 5.69. The van der Waals surface area contributed by atoms with Crippen LogP contribution in [0.2, 0.25) is 0 Å². The lowest BCUT2D eigenvalue weighted by molar-refractivity contribution is -0.143. The molecule has 2 nitrogen and oxygen atoms in total. The van der Waals surface area contributed by atoms with E-state index in [-0.39, 0.29) is 13.4 Å². The fourth-order valence-electron chi connectivity index (χ4n) is 2.52. The Kier molecular flexibility index (Phi) is 21.1.